The van der Waals surface area contributed by atoms with E-state index in [9.17, 15) is 17.6 Å². The van der Waals surface area contributed by atoms with Gasteiger partial charge in [-0.15, -0.1) is 0 Å². The Hall–Kier alpha value is -2.62. The molecule has 1 aliphatic rings. The average Bonchev–Trinajstić information content (AvgIpc) is 2.79. The quantitative estimate of drug-likeness (QED) is 0.328. The monoisotopic (exact) mass is 454 g/mol. The summed E-state index contributed by atoms with van der Waals surface area (Å²) in [5.74, 6) is -5.86. The first-order chi connectivity index (χ1) is 15.6. The van der Waals surface area contributed by atoms with E-state index in [0.29, 0.717) is 6.42 Å². The molecule has 0 nitrogen and oxygen atoms in total. The molecule has 0 saturated carbocycles. The second kappa shape index (κ2) is 8.62. The summed E-state index contributed by atoms with van der Waals surface area (Å²) in [6.07, 6.45) is 3.15. The van der Waals surface area contributed by atoms with E-state index in [1.807, 2.05) is 31.2 Å². The number of hydrogen-bond donors (Lipinski definition) is 0. The number of benzene rings is 3. The van der Waals surface area contributed by atoms with Crippen molar-refractivity contribution >= 4 is 0 Å². The molecule has 0 radical (unpaired) electrons. The highest BCUT2D eigenvalue weighted by Gasteiger charge is 2.43. The van der Waals surface area contributed by atoms with Gasteiger partial charge in [-0.1, -0.05) is 67.6 Å². The van der Waals surface area contributed by atoms with Gasteiger partial charge in [-0.2, -0.15) is 0 Å². The number of alkyl halides is 4. The lowest BCUT2D eigenvalue weighted by Gasteiger charge is -2.44. The van der Waals surface area contributed by atoms with Crippen LogP contribution >= 0.6 is 0 Å². The predicted octanol–water partition coefficient (Wildman–Crippen LogP) is 8.41. The number of hydrogen-bond acceptors (Lipinski definition) is 0. The first-order valence-corrected chi connectivity index (χ1v) is 11.6. The van der Waals surface area contributed by atoms with E-state index < -0.39 is 17.3 Å². The van der Waals surface area contributed by atoms with Gasteiger partial charge in [0, 0.05) is 30.4 Å². The molecular weight excluding hydrogens is 424 g/mol. The molecule has 1 unspecified atom stereocenters. The van der Waals surface area contributed by atoms with E-state index in [2.05, 4.69) is 12.1 Å². The van der Waals surface area contributed by atoms with E-state index in [0.717, 1.165) is 44.2 Å². The van der Waals surface area contributed by atoms with Gasteiger partial charge in [0.25, 0.3) is 11.8 Å². The molecule has 1 atom stereocenters. The molecular formula is C29H30F4. The number of halogens is 4. The van der Waals surface area contributed by atoms with Crippen LogP contribution < -0.4 is 0 Å². The SMILES string of the molecule is CCC(c1cccc(C(C)(F)F)c1)(c1cccc(C(C)(F)F)c1)C1CCc2ccccc2C1. The molecule has 0 N–H and O–H groups in total. The van der Waals surface area contributed by atoms with E-state index in [-0.39, 0.29) is 17.0 Å². The summed E-state index contributed by atoms with van der Waals surface area (Å²) < 4.78 is 57.2. The van der Waals surface area contributed by atoms with Crippen LogP contribution in [0.1, 0.15) is 67.0 Å². The van der Waals surface area contributed by atoms with Gasteiger partial charge in [-0.25, -0.2) is 17.6 Å². The highest BCUT2D eigenvalue weighted by Crippen LogP contribution is 2.49. The minimum absolute atomic E-state index is 0.0500. The second-order valence-corrected chi connectivity index (χ2v) is 9.47. The summed E-state index contributed by atoms with van der Waals surface area (Å²) in [6, 6.07) is 21.5. The molecule has 4 rings (SSSR count). The fourth-order valence-electron chi connectivity index (χ4n) is 5.59. The van der Waals surface area contributed by atoms with Gasteiger partial charge in [0.15, 0.2) is 0 Å². The van der Waals surface area contributed by atoms with Crippen molar-refractivity contribution in [2.24, 2.45) is 5.92 Å². The summed E-state index contributed by atoms with van der Waals surface area (Å²) >= 11 is 0. The number of rotatable bonds is 6. The molecule has 0 aliphatic heterocycles. The topological polar surface area (TPSA) is 0 Å². The molecule has 174 valence electrons. The molecule has 3 aromatic rings. The largest absolute Gasteiger partial charge is 0.270 e. The summed E-state index contributed by atoms with van der Waals surface area (Å²) in [4.78, 5) is 0. The fourth-order valence-corrected chi connectivity index (χ4v) is 5.59. The van der Waals surface area contributed by atoms with E-state index >= 15 is 0 Å². The first-order valence-electron chi connectivity index (χ1n) is 11.6. The lowest BCUT2D eigenvalue weighted by molar-refractivity contribution is 0.0168. The molecule has 4 heteroatoms. The standard InChI is InChI=1S/C29H30F4/c1-4-29(24-13-7-11-22(18-24)27(2,30)31,25-14-8-12-23(19-25)28(3,32)33)26-16-15-20-9-5-6-10-21(20)17-26/h5-14,18-19,26H,4,15-17H2,1-3H3. The van der Waals surface area contributed by atoms with Gasteiger partial charge in [0.2, 0.25) is 0 Å². The van der Waals surface area contributed by atoms with Gasteiger partial charge in [0.1, 0.15) is 0 Å². The Morgan fingerprint density at radius 2 is 1.18 bits per heavy atom. The third-order valence-corrected chi connectivity index (χ3v) is 7.37. The Labute approximate surface area is 193 Å². The number of aryl methyl sites for hydroxylation is 1. The summed E-state index contributed by atoms with van der Waals surface area (Å²) in [6.45, 7) is 3.83. The predicted molar refractivity (Wildman–Crippen MR) is 125 cm³/mol. The van der Waals surface area contributed by atoms with Crippen LogP contribution in [0.3, 0.4) is 0 Å². The molecule has 0 aromatic heterocycles. The van der Waals surface area contributed by atoms with Gasteiger partial charge in [-0.05, 0) is 66.0 Å². The average molecular weight is 455 g/mol. The zero-order valence-corrected chi connectivity index (χ0v) is 19.3. The van der Waals surface area contributed by atoms with Crippen molar-refractivity contribution in [1.82, 2.24) is 0 Å². The summed E-state index contributed by atoms with van der Waals surface area (Å²) in [5.41, 5.74) is 3.34. The molecule has 0 heterocycles. The number of fused-ring (bicyclic) bond motifs is 1. The third-order valence-electron chi connectivity index (χ3n) is 7.37. The molecule has 0 bridgehead atoms. The van der Waals surface area contributed by atoms with Gasteiger partial charge in [0.05, 0.1) is 0 Å². The molecule has 0 spiro atoms. The molecule has 0 amide bonds. The normalized spacial score (nSPS) is 17.0. The maximum atomic E-state index is 14.3. The second-order valence-electron chi connectivity index (χ2n) is 9.47. The van der Waals surface area contributed by atoms with Crippen molar-refractivity contribution in [3.63, 3.8) is 0 Å². The summed E-state index contributed by atoms with van der Waals surface area (Å²) in [5, 5.41) is 0. The van der Waals surface area contributed by atoms with Gasteiger partial charge >= 0.3 is 0 Å². The highest BCUT2D eigenvalue weighted by molar-refractivity contribution is 5.46. The molecule has 0 saturated heterocycles. The smallest absolute Gasteiger partial charge is 0.202 e. The Balaban J connectivity index is 1.93. The van der Waals surface area contributed by atoms with Crippen molar-refractivity contribution in [2.75, 3.05) is 0 Å². The molecule has 0 fully saturated rings. The zero-order chi connectivity index (χ0) is 23.9. The summed E-state index contributed by atoms with van der Waals surface area (Å²) in [7, 11) is 0. The van der Waals surface area contributed by atoms with E-state index in [1.54, 1.807) is 24.3 Å². The fraction of sp³-hybridized carbons (Fsp3) is 0.379. The van der Waals surface area contributed by atoms with Crippen molar-refractivity contribution in [2.45, 2.75) is 63.7 Å². The van der Waals surface area contributed by atoms with Crippen LogP contribution in [-0.4, -0.2) is 0 Å². The minimum Gasteiger partial charge on any atom is -0.202 e. The Morgan fingerprint density at radius 3 is 1.67 bits per heavy atom. The van der Waals surface area contributed by atoms with Crippen LogP contribution in [0.4, 0.5) is 17.6 Å². The van der Waals surface area contributed by atoms with Crippen molar-refractivity contribution in [1.29, 1.82) is 0 Å². The van der Waals surface area contributed by atoms with Crippen LogP contribution in [-0.2, 0) is 30.1 Å². The molecule has 1 aliphatic carbocycles. The van der Waals surface area contributed by atoms with E-state index in [4.69, 9.17) is 0 Å². The maximum Gasteiger partial charge on any atom is 0.270 e. The lowest BCUT2D eigenvalue weighted by Crippen LogP contribution is -2.39. The van der Waals surface area contributed by atoms with Crippen LogP contribution in [0.2, 0.25) is 0 Å². The Bertz CT molecular complexity index is 1060. The maximum absolute atomic E-state index is 14.3. The van der Waals surface area contributed by atoms with Crippen LogP contribution in [0.15, 0.2) is 72.8 Å². The van der Waals surface area contributed by atoms with Crippen molar-refractivity contribution in [3.05, 3.63) is 106 Å². The zero-order valence-electron chi connectivity index (χ0n) is 19.3. The van der Waals surface area contributed by atoms with Crippen molar-refractivity contribution in [3.8, 4) is 0 Å². The minimum atomic E-state index is -2.98. The Morgan fingerprint density at radius 1 is 0.697 bits per heavy atom. The highest BCUT2D eigenvalue weighted by atomic mass is 19.3. The first kappa shape index (κ1) is 23.5. The Kier molecular flexibility index (Phi) is 6.15. The third kappa shape index (κ3) is 4.45. The molecule has 3 aromatic carbocycles. The van der Waals surface area contributed by atoms with Crippen molar-refractivity contribution < 1.29 is 17.6 Å². The molecule has 33 heavy (non-hydrogen) atoms. The van der Waals surface area contributed by atoms with Crippen LogP contribution in [0, 0.1) is 5.92 Å². The van der Waals surface area contributed by atoms with Crippen LogP contribution in [0.5, 0.6) is 0 Å². The van der Waals surface area contributed by atoms with Gasteiger partial charge < -0.3 is 0 Å². The lowest BCUT2D eigenvalue weighted by atomic mass is 9.59. The van der Waals surface area contributed by atoms with Gasteiger partial charge in [-0.3, -0.25) is 0 Å². The van der Waals surface area contributed by atoms with E-state index in [1.165, 1.54) is 23.3 Å². The van der Waals surface area contributed by atoms with Crippen LogP contribution in [0.25, 0.3) is 0 Å².